The zero-order chi connectivity index (χ0) is 11.5. The lowest BCUT2D eigenvalue weighted by atomic mass is 10.1. The highest BCUT2D eigenvalue weighted by molar-refractivity contribution is 8.00. The second-order valence-electron chi connectivity index (χ2n) is 4.47. The summed E-state index contributed by atoms with van der Waals surface area (Å²) in [5.74, 6) is -0.119. The van der Waals surface area contributed by atoms with Gasteiger partial charge in [-0.05, 0) is 31.4 Å². The molecule has 0 bridgehead atoms. The fourth-order valence-corrected chi connectivity index (χ4v) is 3.65. The van der Waals surface area contributed by atoms with E-state index in [9.17, 15) is 4.39 Å². The van der Waals surface area contributed by atoms with E-state index in [0.717, 1.165) is 10.5 Å². The van der Waals surface area contributed by atoms with Crippen LogP contribution in [0.5, 0.6) is 0 Å². The number of hydrogen-bond acceptors (Lipinski definition) is 2. The van der Waals surface area contributed by atoms with Gasteiger partial charge in [-0.15, -0.1) is 11.8 Å². The van der Waals surface area contributed by atoms with E-state index >= 15 is 0 Å². The normalized spacial score (nSPS) is 18.9. The third-order valence-electron chi connectivity index (χ3n) is 3.07. The molecule has 88 valence electrons. The number of hydrogen-bond donors (Lipinski definition) is 1. The molecule has 1 atom stereocenters. The van der Waals surface area contributed by atoms with Crippen molar-refractivity contribution in [1.82, 2.24) is 0 Å². The van der Waals surface area contributed by atoms with Crippen LogP contribution in [0.3, 0.4) is 0 Å². The Morgan fingerprint density at radius 2 is 2.06 bits per heavy atom. The van der Waals surface area contributed by atoms with Gasteiger partial charge < -0.3 is 5.73 Å². The molecule has 1 aromatic carbocycles. The molecule has 0 aliphatic heterocycles. The van der Waals surface area contributed by atoms with Gasteiger partial charge in [0.05, 0.1) is 0 Å². The first-order valence-corrected chi connectivity index (χ1v) is 6.77. The van der Waals surface area contributed by atoms with Gasteiger partial charge in [0.2, 0.25) is 0 Å². The molecular formula is C13H18FNS. The maximum atomic E-state index is 13.8. The first-order chi connectivity index (χ1) is 7.68. The van der Waals surface area contributed by atoms with E-state index in [0.29, 0.717) is 5.25 Å². The van der Waals surface area contributed by atoms with Gasteiger partial charge in [-0.2, -0.15) is 0 Å². The van der Waals surface area contributed by atoms with E-state index in [1.807, 2.05) is 13.0 Å². The fraction of sp³-hybridized carbons (Fsp3) is 0.538. The zero-order valence-corrected chi connectivity index (χ0v) is 10.4. The summed E-state index contributed by atoms with van der Waals surface area (Å²) in [5.41, 5.74) is 6.82. The summed E-state index contributed by atoms with van der Waals surface area (Å²) in [7, 11) is 0. The molecule has 0 spiro atoms. The highest BCUT2D eigenvalue weighted by atomic mass is 32.2. The van der Waals surface area contributed by atoms with Crippen LogP contribution < -0.4 is 5.73 Å². The van der Waals surface area contributed by atoms with Crippen molar-refractivity contribution in [2.24, 2.45) is 5.73 Å². The van der Waals surface area contributed by atoms with Crippen LogP contribution in [0.15, 0.2) is 23.1 Å². The van der Waals surface area contributed by atoms with Crippen LogP contribution in [-0.2, 0) is 0 Å². The molecule has 1 unspecified atom stereocenters. The van der Waals surface area contributed by atoms with Crippen molar-refractivity contribution in [1.29, 1.82) is 0 Å². The van der Waals surface area contributed by atoms with E-state index in [1.165, 1.54) is 31.7 Å². The molecule has 1 fully saturated rings. The molecule has 1 nitrogen and oxygen atoms in total. The summed E-state index contributed by atoms with van der Waals surface area (Å²) in [6.45, 7) is 1.91. The maximum absolute atomic E-state index is 13.8. The Labute approximate surface area is 101 Å². The Balaban J connectivity index is 2.23. The van der Waals surface area contributed by atoms with Gasteiger partial charge in [0.15, 0.2) is 0 Å². The monoisotopic (exact) mass is 239 g/mol. The van der Waals surface area contributed by atoms with Crippen LogP contribution in [0.4, 0.5) is 4.39 Å². The molecule has 16 heavy (non-hydrogen) atoms. The SMILES string of the molecule is CC(N)c1cccc(F)c1SC1CCCC1. The smallest absolute Gasteiger partial charge is 0.137 e. The summed E-state index contributed by atoms with van der Waals surface area (Å²) in [6, 6.07) is 5.11. The molecule has 0 heterocycles. The van der Waals surface area contributed by atoms with Crippen LogP contribution in [0.25, 0.3) is 0 Å². The van der Waals surface area contributed by atoms with Crippen molar-refractivity contribution in [3.63, 3.8) is 0 Å². The molecule has 2 N–H and O–H groups in total. The maximum Gasteiger partial charge on any atom is 0.137 e. The summed E-state index contributed by atoms with van der Waals surface area (Å²) >= 11 is 1.68. The zero-order valence-electron chi connectivity index (χ0n) is 9.58. The van der Waals surface area contributed by atoms with E-state index < -0.39 is 0 Å². The lowest BCUT2D eigenvalue weighted by Gasteiger charge is -2.16. The van der Waals surface area contributed by atoms with E-state index in [1.54, 1.807) is 17.8 Å². The fourth-order valence-electron chi connectivity index (χ4n) is 2.18. The van der Waals surface area contributed by atoms with Gasteiger partial charge in [-0.3, -0.25) is 0 Å². The average Bonchev–Trinajstić information content (AvgIpc) is 2.73. The molecule has 3 heteroatoms. The van der Waals surface area contributed by atoms with Gasteiger partial charge in [0, 0.05) is 16.2 Å². The van der Waals surface area contributed by atoms with Gasteiger partial charge in [0.25, 0.3) is 0 Å². The standard InChI is InChI=1S/C13H18FNS/c1-9(15)11-7-4-8-12(14)13(11)16-10-5-2-3-6-10/h4,7-10H,2-3,5-6,15H2,1H3. The van der Waals surface area contributed by atoms with Crippen molar-refractivity contribution < 1.29 is 4.39 Å². The lowest BCUT2D eigenvalue weighted by Crippen LogP contribution is -2.08. The minimum absolute atomic E-state index is 0.0976. The largest absolute Gasteiger partial charge is 0.324 e. The third-order valence-corrected chi connectivity index (χ3v) is 4.55. The minimum Gasteiger partial charge on any atom is -0.324 e. The van der Waals surface area contributed by atoms with Gasteiger partial charge in [-0.1, -0.05) is 25.0 Å². The number of halogens is 1. The Hall–Kier alpha value is -0.540. The Morgan fingerprint density at radius 1 is 1.38 bits per heavy atom. The topological polar surface area (TPSA) is 26.0 Å². The number of rotatable bonds is 3. The molecule has 0 aromatic heterocycles. The highest BCUT2D eigenvalue weighted by Gasteiger charge is 2.20. The first kappa shape index (κ1) is 11.9. The Morgan fingerprint density at radius 3 is 2.69 bits per heavy atom. The van der Waals surface area contributed by atoms with Crippen LogP contribution in [0, 0.1) is 5.82 Å². The molecular weight excluding hydrogens is 221 g/mol. The van der Waals surface area contributed by atoms with Gasteiger partial charge >= 0.3 is 0 Å². The predicted molar refractivity (Wildman–Crippen MR) is 67.1 cm³/mol. The van der Waals surface area contributed by atoms with Crippen molar-refractivity contribution in [3.05, 3.63) is 29.6 Å². The van der Waals surface area contributed by atoms with E-state index in [4.69, 9.17) is 5.73 Å². The quantitative estimate of drug-likeness (QED) is 0.866. The van der Waals surface area contributed by atoms with Gasteiger partial charge in [-0.25, -0.2) is 4.39 Å². The summed E-state index contributed by atoms with van der Waals surface area (Å²) < 4.78 is 13.8. The molecule has 0 amide bonds. The number of benzene rings is 1. The third kappa shape index (κ3) is 2.58. The Kier molecular flexibility index (Phi) is 3.87. The second kappa shape index (κ2) is 5.19. The van der Waals surface area contributed by atoms with Crippen molar-refractivity contribution in [2.75, 3.05) is 0 Å². The molecule has 2 rings (SSSR count). The average molecular weight is 239 g/mol. The number of thioether (sulfide) groups is 1. The molecule has 1 aliphatic rings. The summed E-state index contributed by atoms with van der Waals surface area (Å²) in [5, 5.41) is 0.578. The van der Waals surface area contributed by atoms with Gasteiger partial charge in [0.1, 0.15) is 5.82 Å². The van der Waals surface area contributed by atoms with Crippen molar-refractivity contribution in [3.8, 4) is 0 Å². The van der Waals surface area contributed by atoms with Crippen LogP contribution in [0.2, 0.25) is 0 Å². The Bertz CT molecular complexity index is 359. The van der Waals surface area contributed by atoms with Crippen LogP contribution in [-0.4, -0.2) is 5.25 Å². The van der Waals surface area contributed by atoms with Crippen LogP contribution >= 0.6 is 11.8 Å². The van der Waals surface area contributed by atoms with Crippen molar-refractivity contribution in [2.45, 2.75) is 48.8 Å². The highest BCUT2D eigenvalue weighted by Crippen LogP contribution is 2.38. The summed E-state index contributed by atoms with van der Waals surface area (Å²) in [6.07, 6.45) is 4.97. The molecule has 1 aliphatic carbocycles. The minimum atomic E-state index is -0.119. The van der Waals surface area contributed by atoms with E-state index in [2.05, 4.69) is 0 Å². The van der Waals surface area contributed by atoms with E-state index in [-0.39, 0.29) is 11.9 Å². The summed E-state index contributed by atoms with van der Waals surface area (Å²) in [4.78, 5) is 0.768. The molecule has 0 radical (unpaired) electrons. The second-order valence-corrected chi connectivity index (χ2v) is 5.78. The molecule has 0 saturated heterocycles. The first-order valence-electron chi connectivity index (χ1n) is 5.89. The molecule has 1 saturated carbocycles. The number of nitrogens with two attached hydrogens (primary N) is 1. The van der Waals surface area contributed by atoms with Crippen molar-refractivity contribution >= 4 is 11.8 Å². The molecule has 1 aromatic rings. The predicted octanol–water partition coefficient (Wildman–Crippen LogP) is 3.88. The lowest BCUT2D eigenvalue weighted by molar-refractivity contribution is 0.590. The van der Waals surface area contributed by atoms with Crippen LogP contribution in [0.1, 0.15) is 44.2 Å².